The minimum atomic E-state index is 0.405. The van der Waals surface area contributed by atoms with Gasteiger partial charge in [0.2, 0.25) is 0 Å². The average molecular weight is 157 g/mol. The van der Waals surface area contributed by atoms with Crippen LogP contribution >= 0.6 is 0 Å². The van der Waals surface area contributed by atoms with Crippen molar-refractivity contribution in [3.8, 4) is 0 Å². The molecule has 0 saturated carbocycles. The maximum Gasteiger partial charge on any atom is 0.0915 e. The molecule has 66 valence electrons. The topological polar surface area (TPSA) is 12.0 Å². The number of nitrogens with one attached hydrogen (secondary N) is 1. The Morgan fingerprint density at radius 2 is 1.55 bits per heavy atom. The number of hydrogen-bond acceptors (Lipinski definition) is 1. The van der Waals surface area contributed by atoms with Crippen molar-refractivity contribution in [2.45, 2.75) is 26.3 Å². The lowest BCUT2D eigenvalue weighted by atomic mass is 10.0. The van der Waals surface area contributed by atoms with E-state index in [9.17, 15) is 0 Å². The van der Waals surface area contributed by atoms with Crippen molar-refractivity contribution < 1.29 is 4.48 Å². The summed E-state index contributed by atoms with van der Waals surface area (Å²) < 4.78 is 1.21. The Balaban J connectivity index is 2.64. The number of piperazine rings is 1. The predicted octanol–water partition coefficient (Wildman–Crippen LogP) is 0.835. The highest BCUT2D eigenvalue weighted by atomic mass is 15.4. The highest BCUT2D eigenvalue weighted by Gasteiger charge is 2.36. The summed E-state index contributed by atoms with van der Waals surface area (Å²) in [6.45, 7) is 11.9. The Labute approximate surface area is 70.2 Å². The number of likely N-dealkylation sites (N-methyl/N-ethyl adjacent to an activating group) is 1. The molecule has 0 unspecified atom stereocenters. The zero-order chi connectivity index (χ0) is 8.54. The van der Waals surface area contributed by atoms with E-state index in [0.717, 1.165) is 0 Å². The second kappa shape index (κ2) is 2.76. The van der Waals surface area contributed by atoms with Gasteiger partial charge in [-0.25, -0.2) is 0 Å². The fourth-order valence-electron chi connectivity index (χ4n) is 1.56. The van der Waals surface area contributed by atoms with Crippen LogP contribution in [0.1, 0.15) is 20.8 Å². The first-order valence-electron chi connectivity index (χ1n) is 4.51. The Bertz CT molecular complexity index is 129. The summed E-state index contributed by atoms with van der Waals surface area (Å²) in [5.41, 5.74) is 0.405. The number of nitrogens with zero attached hydrogens (tertiary/aromatic N) is 1. The van der Waals surface area contributed by atoms with Crippen LogP contribution in [0.2, 0.25) is 0 Å². The molecule has 11 heavy (non-hydrogen) atoms. The van der Waals surface area contributed by atoms with Crippen LogP contribution in [-0.4, -0.2) is 43.2 Å². The first-order chi connectivity index (χ1) is 4.96. The van der Waals surface area contributed by atoms with E-state index in [4.69, 9.17) is 0 Å². The molecule has 0 amide bonds. The van der Waals surface area contributed by atoms with Crippen LogP contribution in [0.5, 0.6) is 0 Å². The maximum absolute atomic E-state index is 3.40. The summed E-state index contributed by atoms with van der Waals surface area (Å²) in [6, 6.07) is 0. The molecule has 1 rings (SSSR count). The van der Waals surface area contributed by atoms with E-state index < -0.39 is 0 Å². The molecule has 0 aromatic carbocycles. The summed E-state index contributed by atoms with van der Waals surface area (Å²) in [4.78, 5) is 0. The van der Waals surface area contributed by atoms with Crippen molar-refractivity contribution in [3.63, 3.8) is 0 Å². The van der Waals surface area contributed by atoms with Gasteiger partial charge in [0.1, 0.15) is 0 Å². The maximum atomic E-state index is 3.40. The zero-order valence-electron chi connectivity index (χ0n) is 8.28. The summed E-state index contributed by atoms with van der Waals surface area (Å²) in [5, 5.41) is 3.40. The molecule has 1 aliphatic heterocycles. The van der Waals surface area contributed by atoms with Gasteiger partial charge in [0.25, 0.3) is 0 Å². The van der Waals surface area contributed by atoms with E-state index in [-0.39, 0.29) is 0 Å². The Morgan fingerprint density at radius 1 is 1.09 bits per heavy atom. The van der Waals surface area contributed by atoms with Gasteiger partial charge in [0.05, 0.1) is 25.7 Å². The molecule has 0 aliphatic carbocycles. The molecule has 0 spiro atoms. The fourth-order valence-corrected chi connectivity index (χ4v) is 1.56. The standard InChI is InChI=1S/C9H21N2/c1-9(2,3)11(4)7-5-10-6-8-11/h10H,5-8H2,1-4H3/q+1. The van der Waals surface area contributed by atoms with Crippen molar-refractivity contribution in [3.05, 3.63) is 0 Å². The third-order valence-electron chi connectivity index (χ3n) is 3.18. The lowest BCUT2D eigenvalue weighted by Gasteiger charge is -2.48. The molecule has 1 fully saturated rings. The summed E-state index contributed by atoms with van der Waals surface area (Å²) in [5.74, 6) is 0. The second-order valence-corrected chi connectivity index (χ2v) is 4.76. The summed E-state index contributed by atoms with van der Waals surface area (Å²) >= 11 is 0. The van der Waals surface area contributed by atoms with Crippen molar-refractivity contribution >= 4 is 0 Å². The molecular weight excluding hydrogens is 136 g/mol. The summed E-state index contributed by atoms with van der Waals surface area (Å²) in [7, 11) is 2.36. The van der Waals surface area contributed by atoms with Gasteiger partial charge in [0.15, 0.2) is 0 Å². The van der Waals surface area contributed by atoms with E-state index in [2.05, 4.69) is 33.1 Å². The molecule has 0 atom stereocenters. The third kappa shape index (κ3) is 1.74. The van der Waals surface area contributed by atoms with Crippen LogP contribution in [0.25, 0.3) is 0 Å². The molecule has 1 heterocycles. The highest BCUT2D eigenvalue weighted by molar-refractivity contribution is 4.67. The van der Waals surface area contributed by atoms with Crippen LogP contribution in [-0.2, 0) is 0 Å². The number of hydrogen-bond donors (Lipinski definition) is 1. The normalized spacial score (nSPS) is 25.1. The SMILES string of the molecule is CC(C)(C)[N+]1(C)CCNCC1. The van der Waals surface area contributed by atoms with Gasteiger partial charge in [0, 0.05) is 13.1 Å². The lowest BCUT2D eigenvalue weighted by molar-refractivity contribution is -0.954. The molecule has 0 radical (unpaired) electrons. The van der Waals surface area contributed by atoms with E-state index in [0.29, 0.717) is 5.54 Å². The van der Waals surface area contributed by atoms with Crippen LogP contribution < -0.4 is 5.32 Å². The molecule has 2 heteroatoms. The fraction of sp³-hybridized carbons (Fsp3) is 1.00. The van der Waals surface area contributed by atoms with Crippen LogP contribution in [0.15, 0.2) is 0 Å². The van der Waals surface area contributed by atoms with Crippen molar-refractivity contribution in [2.24, 2.45) is 0 Å². The molecule has 1 aliphatic rings. The minimum Gasteiger partial charge on any atom is -0.320 e. The number of quaternary nitrogens is 1. The third-order valence-corrected chi connectivity index (χ3v) is 3.18. The Kier molecular flexibility index (Phi) is 2.26. The van der Waals surface area contributed by atoms with E-state index >= 15 is 0 Å². The van der Waals surface area contributed by atoms with Gasteiger partial charge in [-0.05, 0) is 20.8 Å². The van der Waals surface area contributed by atoms with Gasteiger partial charge in [-0.1, -0.05) is 0 Å². The second-order valence-electron chi connectivity index (χ2n) is 4.76. The van der Waals surface area contributed by atoms with Crippen LogP contribution in [0.3, 0.4) is 0 Å². The Morgan fingerprint density at radius 3 is 1.82 bits per heavy atom. The largest absolute Gasteiger partial charge is 0.320 e. The van der Waals surface area contributed by atoms with E-state index in [1.807, 2.05) is 0 Å². The molecular formula is C9H21N2+. The average Bonchev–Trinajstić information content (AvgIpc) is 1.87. The molecule has 0 bridgehead atoms. The monoisotopic (exact) mass is 157 g/mol. The molecule has 2 nitrogen and oxygen atoms in total. The van der Waals surface area contributed by atoms with Crippen molar-refractivity contribution in [1.29, 1.82) is 0 Å². The van der Waals surface area contributed by atoms with E-state index in [1.165, 1.54) is 30.7 Å². The van der Waals surface area contributed by atoms with Crippen molar-refractivity contribution in [1.82, 2.24) is 5.32 Å². The highest BCUT2D eigenvalue weighted by Crippen LogP contribution is 2.21. The smallest absolute Gasteiger partial charge is 0.0915 e. The van der Waals surface area contributed by atoms with Gasteiger partial charge in [-0.2, -0.15) is 0 Å². The number of rotatable bonds is 0. The first kappa shape index (κ1) is 9.01. The van der Waals surface area contributed by atoms with Crippen molar-refractivity contribution in [2.75, 3.05) is 33.2 Å². The van der Waals surface area contributed by atoms with Gasteiger partial charge in [-0.3, -0.25) is 0 Å². The minimum absolute atomic E-state index is 0.405. The zero-order valence-corrected chi connectivity index (χ0v) is 8.28. The Hall–Kier alpha value is -0.0800. The van der Waals surface area contributed by atoms with E-state index in [1.54, 1.807) is 0 Å². The van der Waals surface area contributed by atoms with Gasteiger partial charge in [-0.15, -0.1) is 0 Å². The van der Waals surface area contributed by atoms with Crippen LogP contribution in [0, 0.1) is 0 Å². The quantitative estimate of drug-likeness (QED) is 0.514. The molecule has 1 saturated heterocycles. The lowest BCUT2D eigenvalue weighted by Crippen LogP contribution is -2.64. The summed E-state index contributed by atoms with van der Waals surface area (Å²) in [6.07, 6.45) is 0. The molecule has 0 aromatic rings. The molecule has 1 N–H and O–H groups in total. The first-order valence-corrected chi connectivity index (χ1v) is 4.51. The van der Waals surface area contributed by atoms with Gasteiger partial charge >= 0.3 is 0 Å². The van der Waals surface area contributed by atoms with Gasteiger partial charge < -0.3 is 9.80 Å². The predicted molar refractivity (Wildman–Crippen MR) is 48.5 cm³/mol. The van der Waals surface area contributed by atoms with Crippen LogP contribution in [0.4, 0.5) is 0 Å². The molecule has 0 aromatic heterocycles.